The van der Waals surface area contributed by atoms with Gasteiger partial charge in [-0.15, -0.1) is 0 Å². The molecule has 0 spiro atoms. The van der Waals surface area contributed by atoms with Crippen molar-refractivity contribution in [2.24, 2.45) is 10.8 Å². The van der Waals surface area contributed by atoms with Crippen molar-refractivity contribution in [2.75, 3.05) is 33.0 Å². The van der Waals surface area contributed by atoms with Gasteiger partial charge in [0.05, 0.1) is 39.1 Å². The highest BCUT2D eigenvalue weighted by Crippen LogP contribution is 2.35. The molecule has 0 aromatic carbocycles. The van der Waals surface area contributed by atoms with Crippen LogP contribution >= 0.6 is 0 Å². The monoisotopic (exact) mass is 852 g/mol. The Hall–Kier alpha value is -1.69. The smallest absolute Gasteiger partial charge is 0.187 e. The van der Waals surface area contributed by atoms with Gasteiger partial charge in [-0.1, -0.05) is 5.11 Å². The molecule has 0 aliphatic carbocycles. The standard InChI is InChI=1S/C30H52N4O24/c31-11-15(43)22(55-29-21(49)25(14(42)8(3-37)52-29)58-28-19(47)16(44)12(40)6(1-35)51-28)10(5-39)54-27(11)57-24-13(41)7(2-36)53-30(20(24)48)56-23-9(4-38)50-26(33-34-32)18(46)17(23)45/h6-30,35-49H,1-5,31H2/t6-,7-,8-,9-,10-,11-,12+,13+,14+,15-,16+,17-,18-,19-,20-,21-,22-,23-,24+,25+,26-,27+,28-,29+,30+/m1/s1. The molecular formula is C30H52N4O24. The van der Waals surface area contributed by atoms with Crippen LogP contribution in [-0.2, 0) is 42.6 Å². The zero-order valence-corrected chi connectivity index (χ0v) is 30.3. The topological polar surface area (TPSA) is 461 Å². The van der Waals surface area contributed by atoms with E-state index in [1.54, 1.807) is 0 Å². The maximum atomic E-state index is 11.3. The van der Waals surface area contributed by atoms with E-state index in [0.29, 0.717) is 0 Å². The SMILES string of the molecule is [N-]=[N+]=N[C@@H]1O[C@H](CO)[C@@H](O[C@@H]2O[C@H](CO)[C@H](O)[C@H](O[C@@H]3O[C@H](CO)[C@@H](O[C@@H]4O[C@H](CO)[C@H](O)[C@H](O[C@H]5O[C@H](CO)[C@H](O)[C@H](O)[C@H]5O)[C@H]4O)[C@H](O)[C@H]3N)[C@H]2O)[C@H](O)[C@H]1O. The number of ether oxygens (including phenoxy) is 9. The van der Waals surface area contributed by atoms with Crippen LogP contribution in [0.25, 0.3) is 10.4 Å². The third-order valence-corrected chi connectivity index (χ3v) is 10.6. The lowest BCUT2D eigenvalue weighted by atomic mass is 9.94. The van der Waals surface area contributed by atoms with Crippen LogP contribution in [-0.4, -0.2) is 263 Å². The second kappa shape index (κ2) is 20.5. The van der Waals surface area contributed by atoms with Gasteiger partial charge in [-0.3, -0.25) is 0 Å². The summed E-state index contributed by atoms with van der Waals surface area (Å²) in [5, 5.41) is 160. The normalized spacial score (nSPS) is 51.6. The van der Waals surface area contributed by atoms with Gasteiger partial charge in [0.1, 0.15) is 116 Å². The van der Waals surface area contributed by atoms with Crippen LogP contribution in [0.15, 0.2) is 5.11 Å². The summed E-state index contributed by atoms with van der Waals surface area (Å²) in [6.45, 7) is -4.47. The highest BCUT2D eigenvalue weighted by Gasteiger charge is 2.56. The summed E-state index contributed by atoms with van der Waals surface area (Å²) in [6.07, 6.45) is -43.0. The van der Waals surface area contributed by atoms with Crippen molar-refractivity contribution in [3.63, 3.8) is 0 Å². The molecule has 5 saturated heterocycles. The summed E-state index contributed by atoms with van der Waals surface area (Å²) in [4.78, 5) is 2.50. The predicted octanol–water partition coefficient (Wildman–Crippen LogP) is -10.6. The molecule has 28 heteroatoms. The van der Waals surface area contributed by atoms with Crippen LogP contribution < -0.4 is 5.73 Å². The maximum absolute atomic E-state index is 11.3. The Balaban J connectivity index is 1.29. The van der Waals surface area contributed by atoms with Gasteiger partial charge >= 0.3 is 0 Å². The molecule has 5 fully saturated rings. The average molecular weight is 853 g/mol. The van der Waals surface area contributed by atoms with E-state index in [-0.39, 0.29) is 0 Å². The van der Waals surface area contributed by atoms with Crippen molar-refractivity contribution in [1.29, 1.82) is 0 Å². The highest BCUT2D eigenvalue weighted by atomic mass is 16.8. The Labute approximate surface area is 327 Å². The molecule has 5 aliphatic heterocycles. The molecule has 0 aromatic heterocycles. The fourth-order valence-corrected chi connectivity index (χ4v) is 7.21. The minimum atomic E-state index is -2.05. The van der Waals surface area contributed by atoms with Gasteiger partial charge in [0.15, 0.2) is 31.4 Å². The van der Waals surface area contributed by atoms with Crippen molar-refractivity contribution in [2.45, 2.75) is 153 Å². The zero-order chi connectivity index (χ0) is 42.7. The first kappa shape index (κ1) is 47.4. The molecule has 5 heterocycles. The average Bonchev–Trinajstić information content (AvgIpc) is 3.21. The molecule has 58 heavy (non-hydrogen) atoms. The van der Waals surface area contributed by atoms with E-state index >= 15 is 0 Å². The molecule has 0 saturated carbocycles. The minimum absolute atomic E-state index is 0.831. The van der Waals surface area contributed by atoms with Crippen molar-refractivity contribution < 1.29 is 119 Å². The lowest BCUT2D eigenvalue weighted by Crippen LogP contribution is -2.69. The Bertz CT molecular complexity index is 1340. The number of hydrogen-bond donors (Lipinski definition) is 16. The molecule has 0 amide bonds. The number of nitrogens with two attached hydrogens (primary N) is 1. The summed E-state index contributed by atoms with van der Waals surface area (Å²) in [7, 11) is 0. The molecule has 336 valence electrons. The van der Waals surface area contributed by atoms with Crippen LogP contribution in [0, 0.1) is 0 Å². The number of rotatable bonds is 14. The van der Waals surface area contributed by atoms with Crippen LogP contribution in [0.5, 0.6) is 0 Å². The second-order valence-corrected chi connectivity index (χ2v) is 14.2. The third kappa shape index (κ3) is 9.52. The second-order valence-electron chi connectivity index (χ2n) is 14.2. The number of aliphatic hydroxyl groups is 15. The zero-order valence-electron chi connectivity index (χ0n) is 30.3. The van der Waals surface area contributed by atoms with Crippen LogP contribution in [0.4, 0.5) is 0 Å². The summed E-state index contributed by atoms with van der Waals surface area (Å²) in [5.74, 6) is 0. The van der Waals surface area contributed by atoms with Gasteiger partial charge in [-0.05, 0) is 5.53 Å². The first-order chi connectivity index (χ1) is 27.6. The summed E-state index contributed by atoms with van der Waals surface area (Å²) >= 11 is 0. The molecule has 0 bridgehead atoms. The Kier molecular flexibility index (Phi) is 16.7. The molecule has 0 aromatic rings. The number of azide groups is 1. The fraction of sp³-hybridized carbons (Fsp3) is 1.00. The number of hydrogen-bond acceptors (Lipinski definition) is 26. The summed E-state index contributed by atoms with van der Waals surface area (Å²) < 4.78 is 50.0. The highest BCUT2D eigenvalue weighted by molar-refractivity contribution is 5.00. The molecule has 0 radical (unpaired) electrons. The van der Waals surface area contributed by atoms with Crippen molar-refractivity contribution in [1.82, 2.24) is 0 Å². The van der Waals surface area contributed by atoms with Crippen LogP contribution in [0.2, 0.25) is 0 Å². The van der Waals surface area contributed by atoms with Crippen LogP contribution in [0.3, 0.4) is 0 Å². The van der Waals surface area contributed by atoms with E-state index in [1.165, 1.54) is 0 Å². The van der Waals surface area contributed by atoms with Gasteiger partial charge < -0.3 is 125 Å². The van der Waals surface area contributed by atoms with E-state index in [9.17, 15) is 76.6 Å². The first-order valence-corrected chi connectivity index (χ1v) is 18.1. The third-order valence-electron chi connectivity index (χ3n) is 10.6. The maximum Gasteiger partial charge on any atom is 0.187 e. The molecule has 28 nitrogen and oxygen atoms in total. The quantitative estimate of drug-likeness (QED) is 0.0438. The van der Waals surface area contributed by atoms with E-state index < -0.39 is 186 Å². The summed E-state index contributed by atoms with van der Waals surface area (Å²) in [6, 6.07) is -1.68. The Morgan fingerprint density at radius 2 is 0.793 bits per heavy atom. The van der Waals surface area contributed by atoms with E-state index in [4.69, 9.17) is 53.9 Å². The molecule has 5 rings (SSSR count). The number of aliphatic hydroxyl groups excluding tert-OH is 15. The van der Waals surface area contributed by atoms with Crippen molar-refractivity contribution >= 4 is 0 Å². The number of nitrogens with zero attached hydrogens (tertiary/aromatic N) is 3. The van der Waals surface area contributed by atoms with Gasteiger partial charge in [-0.25, -0.2) is 0 Å². The molecule has 5 aliphatic rings. The van der Waals surface area contributed by atoms with Gasteiger partial charge in [-0.2, -0.15) is 0 Å². The van der Waals surface area contributed by atoms with E-state index in [2.05, 4.69) is 10.0 Å². The van der Waals surface area contributed by atoms with Crippen molar-refractivity contribution in [3.05, 3.63) is 10.4 Å². The molecule has 0 unspecified atom stereocenters. The fourth-order valence-electron chi connectivity index (χ4n) is 7.21. The minimum Gasteiger partial charge on any atom is -0.394 e. The van der Waals surface area contributed by atoms with E-state index in [0.717, 1.165) is 0 Å². The Morgan fingerprint density at radius 1 is 0.414 bits per heavy atom. The molecule has 25 atom stereocenters. The molecule has 17 N–H and O–H groups in total. The van der Waals surface area contributed by atoms with Gasteiger partial charge in [0, 0.05) is 4.91 Å². The first-order valence-electron chi connectivity index (χ1n) is 18.1. The lowest BCUT2D eigenvalue weighted by Gasteiger charge is -2.50. The van der Waals surface area contributed by atoms with Crippen molar-refractivity contribution in [3.8, 4) is 0 Å². The van der Waals surface area contributed by atoms with Crippen LogP contribution in [0.1, 0.15) is 0 Å². The van der Waals surface area contributed by atoms with E-state index in [1.807, 2.05) is 0 Å². The predicted molar refractivity (Wildman–Crippen MR) is 175 cm³/mol. The van der Waals surface area contributed by atoms with Gasteiger partial charge in [0.2, 0.25) is 0 Å². The molecular weight excluding hydrogens is 800 g/mol. The van der Waals surface area contributed by atoms with Gasteiger partial charge in [0.25, 0.3) is 0 Å². The lowest BCUT2D eigenvalue weighted by molar-refractivity contribution is -0.384. The summed E-state index contributed by atoms with van der Waals surface area (Å²) in [5.41, 5.74) is 15.0. The Morgan fingerprint density at radius 3 is 1.26 bits per heavy atom. The largest absolute Gasteiger partial charge is 0.394 e.